The maximum atomic E-state index is 12.4. The summed E-state index contributed by atoms with van der Waals surface area (Å²) in [5.41, 5.74) is 0.780. The largest absolute Gasteiger partial charge is 0.371 e. The second kappa shape index (κ2) is 5.87. The number of halogens is 2. The quantitative estimate of drug-likeness (QED) is 0.799. The molecule has 0 unspecified atom stereocenters. The van der Waals surface area contributed by atoms with Gasteiger partial charge in [-0.25, -0.2) is 8.42 Å². The molecule has 0 spiro atoms. The lowest BCUT2D eigenvalue weighted by Gasteiger charge is -2.31. The van der Waals surface area contributed by atoms with Crippen LogP contribution in [0.15, 0.2) is 29.2 Å². The van der Waals surface area contributed by atoms with E-state index in [0.717, 1.165) is 24.8 Å². The molecule has 0 bridgehead atoms. The molecule has 0 aliphatic carbocycles. The number of benzene rings is 1. The highest BCUT2D eigenvalue weighted by atomic mass is 32.2. The highest BCUT2D eigenvalue weighted by Crippen LogP contribution is 2.25. The maximum Gasteiger partial charge on any atom is 0.341 e. The lowest BCUT2D eigenvalue weighted by Crippen LogP contribution is -2.34. The molecule has 110 valence electrons. The van der Waals surface area contributed by atoms with Gasteiger partial charge in [0.1, 0.15) is 6.29 Å². The molecule has 1 heterocycles. The molecule has 1 saturated heterocycles. The molecule has 1 aromatic carbocycles. The summed E-state index contributed by atoms with van der Waals surface area (Å²) in [6, 6.07) is 5.44. The van der Waals surface area contributed by atoms with Crippen LogP contribution in [0.5, 0.6) is 0 Å². The third kappa shape index (κ3) is 2.98. The number of aldehydes is 1. The monoisotopic (exact) mass is 303 g/mol. The van der Waals surface area contributed by atoms with Crippen LogP contribution in [-0.4, -0.2) is 33.6 Å². The van der Waals surface area contributed by atoms with Crippen molar-refractivity contribution in [2.75, 3.05) is 18.0 Å². The molecule has 7 heteroatoms. The summed E-state index contributed by atoms with van der Waals surface area (Å²) >= 11 is 0. The van der Waals surface area contributed by atoms with Crippen LogP contribution in [0.4, 0.5) is 14.5 Å². The number of anilines is 1. The van der Waals surface area contributed by atoms with E-state index >= 15 is 0 Å². The van der Waals surface area contributed by atoms with Gasteiger partial charge in [-0.2, -0.15) is 8.78 Å². The summed E-state index contributed by atoms with van der Waals surface area (Å²) < 4.78 is 47.4. The first-order valence-electron chi connectivity index (χ1n) is 6.27. The number of hydrogen-bond acceptors (Lipinski definition) is 4. The Morgan fingerprint density at radius 2 is 1.70 bits per heavy atom. The topological polar surface area (TPSA) is 54.5 Å². The number of carbonyl (C=O) groups excluding carboxylic acids is 1. The van der Waals surface area contributed by atoms with Gasteiger partial charge in [0.05, 0.1) is 4.90 Å². The van der Waals surface area contributed by atoms with Crippen LogP contribution in [0.2, 0.25) is 0 Å². The number of carbonyl (C=O) groups is 1. The predicted octanol–water partition coefficient (Wildman–Crippen LogP) is 2.10. The molecule has 4 nitrogen and oxygen atoms in total. The van der Waals surface area contributed by atoms with Crippen LogP contribution in [0.3, 0.4) is 0 Å². The summed E-state index contributed by atoms with van der Waals surface area (Å²) in [6.07, 6.45) is 2.46. The molecule has 0 radical (unpaired) electrons. The lowest BCUT2D eigenvalue weighted by molar-refractivity contribution is -0.111. The Balaban J connectivity index is 2.12. The van der Waals surface area contributed by atoms with E-state index in [-0.39, 0.29) is 10.8 Å². The highest BCUT2D eigenvalue weighted by molar-refractivity contribution is 7.91. The Morgan fingerprint density at radius 1 is 1.15 bits per heavy atom. The van der Waals surface area contributed by atoms with E-state index in [1.54, 1.807) is 0 Å². The molecule has 0 aromatic heterocycles. The van der Waals surface area contributed by atoms with Gasteiger partial charge in [0.15, 0.2) is 0 Å². The number of sulfone groups is 1. The van der Waals surface area contributed by atoms with Crippen molar-refractivity contribution in [3.05, 3.63) is 24.3 Å². The van der Waals surface area contributed by atoms with Gasteiger partial charge in [0.25, 0.3) is 0 Å². The van der Waals surface area contributed by atoms with Gasteiger partial charge in [0.2, 0.25) is 9.84 Å². The zero-order valence-electron chi connectivity index (χ0n) is 10.7. The zero-order chi connectivity index (χ0) is 14.8. The van der Waals surface area contributed by atoms with Crippen molar-refractivity contribution in [3.8, 4) is 0 Å². The van der Waals surface area contributed by atoms with Crippen molar-refractivity contribution in [1.29, 1.82) is 0 Å². The summed E-state index contributed by atoms with van der Waals surface area (Å²) in [5, 5.41) is 0. The molecule has 20 heavy (non-hydrogen) atoms. The van der Waals surface area contributed by atoms with E-state index in [0.29, 0.717) is 13.1 Å². The lowest BCUT2D eigenvalue weighted by atomic mass is 9.98. The van der Waals surface area contributed by atoms with E-state index in [4.69, 9.17) is 0 Å². The van der Waals surface area contributed by atoms with Crippen LogP contribution >= 0.6 is 0 Å². The van der Waals surface area contributed by atoms with Gasteiger partial charge in [-0.3, -0.25) is 0 Å². The minimum atomic E-state index is -4.54. The standard InChI is InChI=1S/C13H15F2NO3S/c14-13(15)20(18,19)12-3-1-11(2-4-12)16-7-5-10(9-17)6-8-16/h1-4,9-10,13H,5-8H2. The first-order chi connectivity index (χ1) is 9.45. The van der Waals surface area contributed by atoms with Gasteiger partial charge in [-0.15, -0.1) is 0 Å². The minimum absolute atomic E-state index is 0.0738. The van der Waals surface area contributed by atoms with E-state index in [9.17, 15) is 22.0 Å². The number of rotatable bonds is 4. The van der Waals surface area contributed by atoms with Crippen LogP contribution in [0, 0.1) is 5.92 Å². The van der Waals surface area contributed by atoms with Gasteiger partial charge in [-0.1, -0.05) is 0 Å². The predicted molar refractivity (Wildman–Crippen MR) is 70.6 cm³/mol. The molecular weight excluding hydrogens is 288 g/mol. The zero-order valence-corrected chi connectivity index (χ0v) is 11.5. The molecule has 1 aliphatic rings. The van der Waals surface area contributed by atoms with Crippen LogP contribution in [0.25, 0.3) is 0 Å². The molecule has 1 aliphatic heterocycles. The Labute approximate surface area is 116 Å². The summed E-state index contributed by atoms with van der Waals surface area (Å²) in [6.45, 7) is 1.40. The molecule has 1 fully saturated rings. The van der Waals surface area contributed by atoms with Crippen LogP contribution in [0.1, 0.15) is 12.8 Å². The van der Waals surface area contributed by atoms with Crippen molar-refractivity contribution >= 4 is 21.8 Å². The van der Waals surface area contributed by atoms with E-state index in [2.05, 4.69) is 0 Å². The fourth-order valence-corrected chi connectivity index (χ4v) is 2.96. The fraction of sp³-hybridized carbons (Fsp3) is 0.462. The SMILES string of the molecule is O=CC1CCN(c2ccc(S(=O)(=O)C(F)F)cc2)CC1. The summed E-state index contributed by atoms with van der Waals surface area (Å²) in [4.78, 5) is 12.3. The van der Waals surface area contributed by atoms with Crippen molar-refractivity contribution in [1.82, 2.24) is 0 Å². The minimum Gasteiger partial charge on any atom is -0.371 e. The second-order valence-electron chi connectivity index (χ2n) is 4.76. The van der Waals surface area contributed by atoms with Gasteiger partial charge in [0, 0.05) is 24.7 Å². The van der Waals surface area contributed by atoms with Crippen molar-refractivity contribution in [2.24, 2.45) is 5.92 Å². The van der Waals surface area contributed by atoms with Gasteiger partial charge >= 0.3 is 5.76 Å². The Morgan fingerprint density at radius 3 is 2.15 bits per heavy atom. The Hall–Kier alpha value is -1.50. The molecule has 2 rings (SSSR count). The first kappa shape index (κ1) is 14.9. The fourth-order valence-electron chi connectivity index (χ4n) is 2.24. The second-order valence-corrected chi connectivity index (χ2v) is 6.68. The van der Waals surface area contributed by atoms with Gasteiger partial charge < -0.3 is 9.69 Å². The number of hydrogen-bond donors (Lipinski definition) is 0. The highest BCUT2D eigenvalue weighted by Gasteiger charge is 2.26. The summed E-state index contributed by atoms with van der Waals surface area (Å²) in [5.74, 6) is -3.33. The molecule has 0 amide bonds. The van der Waals surface area contributed by atoms with Crippen molar-refractivity contribution in [2.45, 2.75) is 23.5 Å². The third-order valence-corrected chi connectivity index (χ3v) is 4.90. The smallest absolute Gasteiger partial charge is 0.341 e. The van der Waals surface area contributed by atoms with Gasteiger partial charge in [-0.05, 0) is 37.1 Å². The first-order valence-corrected chi connectivity index (χ1v) is 7.82. The molecule has 0 saturated carbocycles. The third-order valence-electron chi connectivity index (χ3n) is 3.50. The Kier molecular flexibility index (Phi) is 4.37. The molecular formula is C13H15F2NO3S. The maximum absolute atomic E-state index is 12.4. The van der Waals surface area contributed by atoms with E-state index < -0.39 is 15.6 Å². The average molecular weight is 303 g/mol. The summed E-state index contributed by atoms with van der Waals surface area (Å²) in [7, 11) is -4.54. The molecule has 1 aromatic rings. The molecule has 0 N–H and O–H groups in total. The number of piperidine rings is 1. The molecule has 0 atom stereocenters. The van der Waals surface area contributed by atoms with Crippen LogP contribution in [-0.2, 0) is 14.6 Å². The normalized spacial score (nSPS) is 17.4. The number of nitrogens with zero attached hydrogens (tertiary/aromatic N) is 1. The van der Waals surface area contributed by atoms with E-state index in [1.165, 1.54) is 24.3 Å². The van der Waals surface area contributed by atoms with E-state index in [1.807, 2.05) is 4.90 Å². The van der Waals surface area contributed by atoms with Crippen molar-refractivity contribution < 1.29 is 22.0 Å². The van der Waals surface area contributed by atoms with Crippen LogP contribution < -0.4 is 4.90 Å². The average Bonchev–Trinajstić information content (AvgIpc) is 2.47. The Bertz CT molecular complexity index is 564. The van der Waals surface area contributed by atoms with Crippen molar-refractivity contribution in [3.63, 3.8) is 0 Å². The number of alkyl halides is 2.